The number of aromatic nitrogens is 2. The summed E-state index contributed by atoms with van der Waals surface area (Å²) in [7, 11) is 0. The van der Waals surface area contributed by atoms with Crippen LogP contribution in [0.3, 0.4) is 0 Å². The number of fused-ring (bicyclic) bond motifs is 3. The van der Waals surface area contributed by atoms with Gasteiger partial charge < -0.3 is 0 Å². The van der Waals surface area contributed by atoms with Crippen LogP contribution in [0.25, 0.3) is 10.2 Å². The molecule has 0 spiro atoms. The van der Waals surface area contributed by atoms with Gasteiger partial charge in [0.25, 0.3) is 5.91 Å². The van der Waals surface area contributed by atoms with E-state index in [1.165, 1.54) is 35.0 Å². The molecule has 1 aliphatic carbocycles. The number of nitrogens with zero attached hydrogens (tertiary/aromatic N) is 2. The van der Waals surface area contributed by atoms with Gasteiger partial charge in [-0.25, -0.2) is 9.97 Å². The predicted octanol–water partition coefficient (Wildman–Crippen LogP) is 4.09. The molecular weight excluding hydrogens is 428 g/mol. The van der Waals surface area contributed by atoms with Gasteiger partial charge in [0.15, 0.2) is 0 Å². The summed E-state index contributed by atoms with van der Waals surface area (Å²) in [5.74, 6) is 0.157. The monoisotopic (exact) mass is 446 g/mol. The van der Waals surface area contributed by atoms with Crippen molar-refractivity contribution in [1.82, 2.24) is 20.8 Å². The van der Waals surface area contributed by atoms with Gasteiger partial charge in [0.05, 0.1) is 5.75 Å². The maximum atomic E-state index is 12.2. The molecule has 9 heteroatoms. The smallest absolute Gasteiger partial charge is 0.269 e. The zero-order chi connectivity index (χ0) is 20.4. The molecule has 2 heterocycles. The van der Waals surface area contributed by atoms with Crippen molar-refractivity contribution in [3.05, 3.63) is 51.1 Å². The average Bonchev–Trinajstić information content (AvgIpc) is 3.08. The summed E-state index contributed by atoms with van der Waals surface area (Å²) < 4.78 is 0. The second kappa shape index (κ2) is 8.69. The Bertz CT molecular complexity index is 1080. The number of carbonyl (C=O) groups is 2. The number of benzene rings is 1. The lowest BCUT2D eigenvalue weighted by Crippen LogP contribution is -2.42. The number of amides is 2. The first-order valence-electron chi connectivity index (χ1n) is 9.27. The van der Waals surface area contributed by atoms with E-state index >= 15 is 0 Å². The first kappa shape index (κ1) is 20.1. The number of thiophene rings is 1. The molecule has 3 aromatic rings. The number of thioether (sulfide) groups is 1. The number of hydrogen-bond donors (Lipinski definition) is 2. The lowest BCUT2D eigenvalue weighted by atomic mass is 9.97. The van der Waals surface area contributed by atoms with E-state index in [0.717, 1.165) is 28.1 Å². The highest BCUT2D eigenvalue weighted by Gasteiger charge is 2.21. The maximum absolute atomic E-state index is 12.2. The summed E-state index contributed by atoms with van der Waals surface area (Å²) >= 11 is 8.94. The molecule has 1 aromatic carbocycles. The van der Waals surface area contributed by atoms with Crippen LogP contribution in [0, 0.1) is 6.92 Å². The largest absolute Gasteiger partial charge is 0.272 e. The number of nitrogens with one attached hydrogen (secondary N) is 2. The molecule has 0 radical (unpaired) electrons. The highest BCUT2D eigenvalue weighted by molar-refractivity contribution is 8.00. The Hall–Kier alpha value is -2.16. The summed E-state index contributed by atoms with van der Waals surface area (Å²) in [5, 5.41) is 2.48. The Balaban J connectivity index is 1.41. The van der Waals surface area contributed by atoms with Crippen LogP contribution in [-0.2, 0) is 17.6 Å². The van der Waals surface area contributed by atoms with Crippen molar-refractivity contribution in [2.24, 2.45) is 0 Å². The molecule has 2 amide bonds. The molecular formula is C20H19ClN4O2S2. The number of rotatable bonds is 4. The molecule has 0 fully saturated rings. The SMILES string of the molecule is Cc1nc(SCC(=O)NNC(=O)c2ccc(Cl)cc2)c2c3c(sc2n1)CCCC3. The van der Waals surface area contributed by atoms with Crippen molar-refractivity contribution < 1.29 is 9.59 Å². The molecule has 0 saturated carbocycles. The van der Waals surface area contributed by atoms with Gasteiger partial charge in [-0.1, -0.05) is 23.4 Å². The quantitative estimate of drug-likeness (QED) is 0.358. The van der Waals surface area contributed by atoms with Crippen LogP contribution < -0.4 is 10.9 Å². The van der Waals surface area contributed by atoms with Crippen LogP contribution in [-0.4, -0.2) is 27.5 Å². The van der Waals surface area contributed by atoms with Crippen LogP contribution in [0.4, 0.5) is 0 Å². The minimum atomic E-state index is -0.396. The third-order valence-electron chi connectivity index (χ3n) is 4.66. The summed E-state index contributed by atoms with van der Waals surface area (Å²) in [6, 6.07) is 6.44. The van der Waals surface area contributed by atoms with Gasteiger partial charge >= 0.3 is 0 Å². The Morgan fingerprint density at radius 1 is 1.14 bits per heavy atom. The molecule has 150 valence electrons. The number of hydrazine groups is 1. The van der Waals surface area contributed by atoms with Crippen molar-refractivity contribution >= 4 is 56.7 Å². The molecule has 6 nitrogen and oxygen atoms in total. The number of halogens is 1. The molecule has 0 atom stereocenters. The van der Waals surface area contributed by atoms with Crippen molar-refractivity contribution in [2.75, 3.05) is 5.75 Å². The summed E-state index contributed by atoms with van der Waals surface area (Å²) in [5.41, 5.74) is 6.63. The van der Waals surface area contributed by atoms with Gasteiger partial charge in [-0.05, 0) is 62.4 Å². The van der Waals surface area contributed by atoms with E-state index in [4.69, 9.17) is 11.6 Å². The molecule has 4 rings (SSSR count). The van der Waals surface area contributed by atoms with Gasteiger partial charge in [-0.3, -0.25) is 20.4 Å². The minimum absolute atomic E-state index is 0.150. The fraction of sp³-hybridized carbons (Fsp3) is 0.300. The molecule has 29 heavy (non-hydrogen) atoms. The van der Waals surface area contributed by atoms with E-state index in [0.29, 0.717) is 16.4 Å². The van der Waals surface area contributed by atoms with E-state index in [1.54, 1.807) is 35.6 Å². The molecule has 2 aromatic heterocycles. The molecule has 0 bridgehead atoms. The van der Waals surface area contributed by atoms with Crippen LogP contribution in [0.1, 0.15) is 39.5 Å². The van der Waals surface area contributed by atoms with Crippen LogP contribution in [0.15, 0.2) is 29.3 Å². The van der Waals surface area contributed by atoms with Crippen molar-refractivity contribution in [3.63, 3.8) is 0 Å². The zero-order valence-corrected chi connectivity index (χ0v) is 18.1. The normalized spacial score (nSPS) is 13.2. The standard InChI is InChI=1S/C20H19ClN4O2S2/c1-11-22-19(17-14-4-2-3-5-15(14)29-20(17)23-11)28-10-16(26)24-25-18(27)12-6-8-13(21)9-7-12/h6-9H,2-5,10H2,1H3,(H,24,26)(H,25,27). The number of carbonyl (C=O) groups excluding carboxylic acids is 2. The zero-order valence-electron chi connectivity index (χ0n) is 15.8. The fourth-order valence-corrected chi connectivity index (χ4v) is 5.70. The van der Waals surface area contributed by atoms with Crippen LogP contribution >= 0.6 is 34.7 Å². The van der Waals surface area contributed by atoms with Gasteiger partial charge in [0.1, 0.15) is 15.7 Å². The van der Waals surface area contributed by atoms with Crippen molar-refractivity contribution in [3.8, 4) is 0 Å². The van der Waals surface area contributed by atoms with Crippen LogP contribution in [0.2, 0.25) is 5.02 Å². The van der Waals surface area contributed by atoms with Crippen LogP contribution in [0.5, 0.6) is 0 Å². The summed E-state index contributed by atoms with van der Waals surface area (Å²) in [6.45, 7) is 1.87. The Kier molecular flexibility index (Phi) is 6.03. The highest BCUT2D eigenvalue weighted by atomic mass is 35.5. The minimum Gasteiger partial charge on any atom is -0.272 e. The van der Waals surface area contributed by atoms with Gasteiger partial charge in [-0.15, -0.1) is 11.3 Å². The van der Waals surface area contributed by atoms with Gasteiger partial charge in [0.2, 0.25) is 5.91 Å². The molecule has 1 aliphatic rings. The molecule has 2 N–H and O–H groups in total. The third-order valence-corrected chi connectivity index (χ3v) is 7.07. The Morgan fingerprint density at radius 3 is 2.69 bits per heavy atom. The highest BCUT2D eigenvalue weighted by Crippen LogP contribution is 2.39. The predicted molar refractivity (Wildman–Crippen MR) is 117 cm³/mol. The van der Waals surface area contributed by atoms with E-state index in [-0.39, 0.29) is 11.7 Å². The summed E-state index contributed by atoms with van der Waals surface area (Å²) in [4.78, 5) is 35.9. The lowest BCUT2D eigenvalue weighted by molar-refractivity contribution is -0.119. The van der Waals surface area contributed by atoms with E-state index in [1.807, 2.05) is 6.92 Å². The molecule has 0 aliphatic heterocycles. The molecule has 0 saturated heterocycles. The first-order chi connectivity index (χ1) is 14.0. The first-order valence-corrected chi connectivity index (χ1v) is 11.5. The second-order valence-electron chi connectivity index (χ2n) is 6.76. The number of aryl methyl sites for hydroxylation is 3. The fourth-order valence-electron chi connectivity index (χ4n) is 3.30. The van der Waals surface area contributed by atoms with Gasteiger partial charge in [0, 0.05) is 20.8 Å². The number of hydrogen-bond acceptors (Lipinski definition) is 6. The summed E-state index contributed by atoms with van der Waals surface area (Å²) in [6.07, 6.45) is 4.52. The lowest BCUT2D eigenvalue weighted by Gasteiger charge is -2.12. The van der Waals surface area contributed by atoms with Gasteiger partial charge in [-0.2, -0.15) is 0 Å². The maximum Gasteiger partial charge on any atom is 0.269 e. The Labute approximate surface area is 181 Å². The van der Waals surface area contributed by atoms with E-state index in [9.17, 15) is 9.59 Å². The average molecular weight is 447 g/mol. The van der Waals surface area contributed by atoms with E-state index in [2.05, 4.69) is 20.8 Å². The van der Waals surface area contributed by atoms with Crippen molar-refractivity contribution in [1.29, 1.82) is 0 Å². The third kappa shape index (κ3) is 4.55. The Morgan fingerprint density at radius 2 is 1.90 bits per heavy atom. The topological polar surface area (TPSA) is 84.0 Å². The molecule has 0 unspecified atom stereocenters. The van der Waals surface area contributed by atoms with E-state index < -0.39 is 5.91 Å². The van der Waals surface area contributed by atoms with Crippen molar-refractivity contribution in [2.45, 2.75) is 37.6 Å². The second-order valence-corrected chi connectivity index (χ2v) is 9.25.